The molecule has 0 aromatic rings. The van der Waals surface area contributed by atoms with Crippen molar-refractivity contribution in [3.8, 4) is 0 Å². The van der Waals surface area contributed by atoms with Crippen molar-refractivity contribution in [2.75, 3.05) is 27.0 Å². The van der Waals surface area contributed by atoms with E-state index in [2.05, 4.69) is 15.4 Å². The molecule has 3 amide bonds. The van der Waals surface area contributed by atoms with Gasteiger partial charge in [0.05, 0.1) is 7.11 Å². The van der Waals surface area contributed by atoms with Gasteiger partial charge in [0.1, 0.15) is 18.1 Å². The van der Waals surface area contributed by atoms with Crippen LogP contribution in [0.3, 0.4) is 0 Å². The lowest BCUT2D eigenvalue weighted by molar-refractivity contribution is -0.174. The monoisotopic (exact) mass is 447 g/mol. The van der Waals surface area contributed by atoms with Gasteiger partial charge in [0.2, 0.25) is 11.8 Å². The molecule has 0 radical (unpaired) electrons. The Labute approximate surface area is 165 Å². The smallest absolute Gasteiger partial charge is 0.467 e. The normalized spacial score (nSPS) is 16.6. The second-order valence-electron chi connectivity index (χ2n) is 6.22. The molecule has 0 aliphatic rings. The molecule has 29 heavy (non-hydrogen) atoms. The number of carbonyl (C=O) groups excluding carboxylic acids is 4. The highest BCUT2D eigenvalue weighted by Gasteiger charge is 2.41. The van der Waals surface area contributed by atoms with Gasteiger partial charge in [0, 0.05) is 19.9 Å². The summed E-state index contributed by atoms with van der Waals surface area (Å²) >= 11 is 0. The molecule has 0 aromatic heterocycles. The van der Waals surface area contributed by atoms with Crippen LogP contribution in [0.2, 0.25) is 0 Å². The second kappa shape index (κ2) is 11.1. The Morgan fingerprint density at radius 3 is 1.93 bits per heavy atom. The third-order valence-electron chi connectivity index (χ3n) is 3.75. The van der Waals surface area contributed by atoms with Gasteiger partial charge in [-0.05, 0) is 20.3 Å². The van der Waals surface area contributed by atoms with E-state index in [1.807, 2.05) is 0 Å². The summed E-state index contributed by atoms with van der Waals surface area (Å²) in [6.07, 6.45) is -5.96. The zero-order chi connectivity index (χ0) is 23.0. The molecule has 0 heterocycles. The maximum Gasteiger partial charge on any atom is 0.471 e. The summed E-state index contributed by atoms with van der Waals surface area (Å²) in [6.45, 7) is 3.77. The molecule has 4 atom stereocenters. The summed E-state index contributed by atoms with van der Waals surface area (Å²) < 4.78 is 58.7. The third-order valence-corrected chi connectivity index (χ3v) is 5.60. The van der Waals surface area contributed by atoms with Gasteiger partial charge < -0.3 is 25.2 Å². The number of methoxy groups -OCH3 is 1. The third kappa shape index (κ3) is 9.75. The highest BCUT2D eigenvalue weighted by atomic mass is 31.2. The first kappa shape index (κ1) is 26.9. The summed E-state index contributed by atoms with van der Waals surface area (Å²) in [5, 5.41) is 5.89. The lowest BCUT2D eigenvalue weighted by Crippen LogP contribution is -2.55. The molecule has 0 saturated carbocycles. The standard InChI is InChI=1S/C15H25F3N3O7P/c1-8(11(22)20-9(2)13(24)27-3)19-12(23)10(6-7-29(5,26)28-4)21-14(25)15(16,17)18/h8-10H,6-7H2,1-5H3,(H,19,23)(H,20,22)(H,21,25). The maximum absolute atomic E-state index is 12.5. The van der Waals surface area contributed by atoms with Crippen LogP contribution in [0.5, 0.6) is 0 Å². The van der Waals surface area contributed by atoms with Gasteiger partial charge in [0.15, 0.2) is 7.37 Å². The molecular weight excluding hydrogens is 422 g/mol. The molecule has 0 bridgehead atoms. The molecule has 0 aromatic carbocycles. The summed E-state index contributed by atoms with van der Waals surface area (Å²) in [5.41, 5.74) is 0. The molecule has 4 unspecified atom stereocenters. The van der Waals surface area contributed by atoms with Crippen LogP contribution in [0.25, 0.3) is 0 Å². The largest absolute Gasteiger partial charge is 0.471 e. The molecule has 0 aliphatic heterocycles. The van der Waals surface area contributed by atoms with E-state index in [-0.39, 0.29) is 6.16 Å². The number of hydrogen-bond acceptors (Lipinski definition) is 7. The van der Waals surface area contributed by atoms with E-state index < -0.39 is 61.8 Å². The average Bonchev–Trinajstić information content (AvgIpc) is 2.62. The minimum absolute atomic E-state index is 0.292. The van der Waals surface area contributed by atoms with Crippen molar-refractivity contribution in [2.45, 2.75) is 44.6 Å². The molecule has 14 heteroatoms. The Morgan fingerprint density at radius 2 is 1.48 bits per heavy atom. The Balaban J connectivity index is 5.17. The Bertz CT molecular complexity index is 672. The topological polar surface area (TPSA) is 140 Å². The molecule has 0 saturated heterocycles. The SMILES string of the molecule is COC(=O)C(C)NC(=O)C(C)NC(=O)C(CCP(C)(=O)OC)NC(=O)C(F)(F)F. The lowest BCUT2D eigenvalue weighted by Gasteiger charge is -2.23. The average molecular weight is 447 g/mol. The Morgan fingerprint density at radius 1 is 0.966 bits per heavy atom. The summed E-state index contributed by atoms with van der Waals surface area (Å²) in [6, 6.07) is -4.00. The molecule has 168 valence electrons. The van der Waals surface area contributed by atoms with E-state index in [9.17, 15) is 36.9 Å². The summed E-state index contributed by atoms with van der Waals surface area (Å²) in [4.78, 5) is 46.8. The molecule has 0 rings (SSSR count). The van der Waals surface area contributed by atoms with E-state index in [0.29, 0.717) is 0 Å². The van der Waals surface area contributed by atoms with Crippen LogP contribution < -0.4 is 16.0 Å². The van der Waals surface area contributed by atoms with Crippen molar-refractivity contribution in [2.24, 2.45) is 0 Å². The van der Waals surface area contributed by atoms with Crippen molar-refractivity contribution < 1.29 is 46.2 Å². The van der Waals surface area contributed by atoms with Gasteiger partial charge in [-0.3, -0.25) is 18.9 Å². The predicted molar refractivity (Wildman–Crippen MR) is 95.2 cm³/mol. The van der Waals surface area contributed by atoms with Crippen molar-refractivity contribution >= 4 is 31.1 Å². The maximum atomic E-state index is 12.5. The van der Waals surface area contributed by atoms with Gasteiger partial charge >= 0.3 is 18.1 Å². The van der Waals surface area contributed by atoms with E-state index in [1.165, 1.54) is 25.8 Å². The lowest BCUT2D eigenvalue weighted by atomic mass is 10.2. The fourth-order valence-electron chi connectivity index (χ4n) is 1.92. The van der Waals surface area contributed by atoms with Crippen LogP contribution in [-0.2, 0) is 33.0 Å². The molecular formula is C15H25F3N3O7P. The fraction of sp³-hybridized carbons (Fsp3) is 0.733. The first-order chi connectivity index (χ1) is 13.1. The first-order valence-electron chi connectivity index (χ1n) is 8.33. The Kier molecular flexibility index (Phi) is 10.3. The van der Waals surface area contributed by atoms with Crippen molar-refractivity contribution in [3.63, 3.8) is 0 Å². The van der Waals surface area contributed by atoms with Gasteiger partial charge in [-0.1, -0.05) is 0 Å². The first-order valence-corrected chi connectivity index (χ1v) is 10.6. The number of esters is 1. The van der Waals surface area contributed by atoms with E-state index in [1.54, 1.807) is 0 Å². The molecule has 10 nitrogen and oxygen atoms in total. The number of halogens is 3. The number of hydrogen-bond donors (Lipinski definition) is 3. The zero-order valence-electron chi connectivity index (χ0n) is 16.6. The van der Waals surface area contributed by atoms with Crippen LogP contribution in [0.4, 0.5) is 13.2 Å². The zero-order valence-corrected chi connectivity index (χ0v) is 17.5. The quantitative estimate of drug-likeness (QED) is 0.320. The summed E-state index contributed by atoms with van der Waals surface area (Å²) in [5.74, 6) is -5.02. The number of rotatable bonds is 10. The minimum atomic E-state index is -5.24. The molecule has 3 N–H and O–H groups in total. The fourth-order valence-corrected chi connectivity index (χ4v) is 2.83. The van der Waals surface area contributed by atoms with E-state index in [4.69, 9.17) is 4.52 Å². The summed E-state index contributed by atoms with van der Waals surface area (Å²) in [7, 11) is -0.935. The van der Waals surface area contributed by atoms with Crippen LogP contribution in [0.15, 0.2) is 0 Å². The van der Waals surface area contributed by atoms with Crippen LogP contribution in [-0.4, -0.2) is 75.0 Å². The predicted octanol–water partition coefficient (Wildman–Crippen LogP) is 0.160. The number of nitrogens with one attached hydrogen (secondary N) is 3. The Hall–Kier alpha value is -2.14. The number of carbonyl (C=O) groups is 4. The minimum Gasteiger partial charge on any atom is -0.467 e. The van der Waals surface area contributed by atoms with Gasteiger partial charge in [-0.25, -0.2) is 4.79 Å². The van der Waals surface area contributed by atoms with Crippen LogP contribution >= 0.6 is 7.37 Å². The molecule has 0 spiro atoms. The number of alkyl halides is 3. The van der Waals surface area contributed by atoms with E-state index >= 15 is 0 Å². The highest BCUT2D eigenvalue weighted by Crippen LogP contribution is 2.42. The van der Waals surface area contributed by atoms with Gasteiger partial charge in [-0.2, -0.15) is 13.2 Å². The van der Waals surface area contributed by atoms with Gasteiger partial charge in [0.25, 0.3) is 0 Å². The van der Waals surface area contributed by atoms with Crippen molar-refractivity contribution in [1.29, 1.82) is 0 Å². The number of amides is 3. The van der Waals surface area contributed by atoms with Gasteiger partial charge in [-0.15, -0.1) is 0 Å². The van der Waals surface area contributed by atoms with Crippen LogP contribution in [0.1, 0.15) is 20.3 Å². The molecule has 0 fully saturated rings. The second-order valence-corrected chi connectivity index (χ2v) is 9.06. The number of ether oxygens (including phenoxy) is 1. The molecule has 0 aliphatic carbocycles. The van der Waals surface area contributed by atoms with Crippen LogP contribution in [0, 0.1) is 0 Å². The highest BCUT2D eigenvalue weighted by molar-refractivity contribution is 7.58. The van der Waals surface area contributed by atoms with Crippen molar-refractivity contribution in [1.82, 2.24) is 16.0 Å². The van der Waals surface area contributed by atoms with E-state index in [0.717, 1.165) is 14.2 Å². The van der Waals surface area contributed by atoms with Crippen molar-refractivity contribution in [3.05, 3.63) is 0 Å².